The maximum absolute atomic E-state index is 10.4. The minimum absolute atomic E-state index is 0. The van der Waals surface area contributed by atoms with Crippen LogP contribution in [0.1, 0.15) is 0 Å². The normalized spacial score (nSPS) is 8.40. The second kappa shape index (κ2) is 3.60. The average molecular weight is 150 g/mol. The molecule has 1 aromatic rings. The van der Waals surface area contributed by atoms with Crippen molar-refractivity contribution in [3.05, 3.63) is 26.9 Å². The minimum atomic E-state index is -0.583. The number of nitrogens with two attached hydrogens (primary N) is 1. The number of hydrogen-bond donors (Lipinski definition) is 3. The molecule has 0 spiro atoms. The van der Waals surface area contributed by atoms with Crippen LogP contribution >= 0.6 is 0 Å². The van der Waals surface area contributed by atoms with E-state index in [2.05, 4.69) is 4.98 Å². The van der Waals surface area contributed by atoms with Crippen LogP contribution in [0.3, 0.4) is 0 Å². The third-order valence-electron chi connectivity index (χ3n) is 0.781. The number of aromatic nitrogens is 2. The molecule has 6 heteroatoms. The molecule has 0 bridgehead atoms. The van der Waals surface area contributed by atoms with Crippen molar-refractivity contribution in [2.45, 2.75) is 0 Å². The second-order valence-electron chi connectivity index (χ2n) is 1.54. The zero-order chi connectivity index (χ0) is 6.85. The van der Waals surface area contributed by atoms with Crippen LogP contribution in [0.2, 0.25) is 0 Å². The molecule has 0 aliphatic heterocycles. The van der Waals surface area contributed by atoms with Crippen LogP contribution < -0.4 is 17.0 Å². The quantitative estimate of drug-likeness (QED) is 0.383. The number of rotatable bonds is 0. The van der Waals surface area contributed by atoms with E-state index in [1.165, 1.54) is 0 Å². The van der Waals surface area contributed by atoms with Gasteiger partial charge in [-0.1, -0.05) is 0 Å². The second-order valence-corrected chi connectivity index (χ2v) is 1.54. The molecule has 1 aromatic heterocycles. The molecule has 49 valence electrons. The van der Waals surface area contributed by atoms with E-state index in [0.717, 1.165) is 6.07 Å². The van der Waals surface area contributed by atoms with Crippen LogP contribution in [0.25, 0.3) is 0 Å². The van der Waals surface area contributed by atoms with E-state index in [0.29, 0.717) is 0 Å². The fourth-order valence-corrected chi connectivity index (χ4v) is 0.488. The van der Waals surface area contributed by atoms with Gasteiger partial charge in [0.05, 0.1) is 0 Å². The van der Waals surface area contributed by atoms with E-state index in [9.17, 15) is 9.59 Å². The van der Waals surface area contributed by atoms with Crippen LogP contribution in [-0.2, 0) is 0 Å². The molecule has 1 rings (SSSR count). The Morgan fingerprint density at radius 2 is 1.90 bits per heavy atom. The summed E-state index contributed by atoms with van der Waals surface area (Å²) >= 11 is 0. The predicted octanol–water partition coefficient (Wildman–Crippen LogP) is -1.74. The summed E-state index contributed by atoms with van der Waals surface area (Å²) in [6.45, 7) is 0. The van der Waals surface area contributed by atoms with Gasteiger partial charge in [-0.25, -0.2) is 4.79 Å². The summed E-state index contributed by atoms with van der Waals surface area (Å²) in [4.78, 5) is 24.8. The number of H-pyrrole nitrogens is 2. The number of hydrogen-bond acceptors (Lipinski definition) is 3. The van der Waals surface area contributed by atoms with E-state index in [-0.39, 0.29) is 35.4 Å². The molecule has 1 radical (unpaired) electrons. The third kappa shape index (κ3) is 2.38. The van der Waals surface area contributed by atoms with Crippen molar-refractivity contribution in [3.8, 4) is 0 Å². The first-order chi connectivity index (χ1) is 4.18. The van der Waals surface area contributed by atoms with Gasteiger partial charge in [-0.2, -0.15) is 0 Å². The van der Waals surface area contributed by atoms with Gasteiger partial charge in [0.1, 0.15) is 5.82 Å². The van der Waals surface area contributed by atoms with E-state index < -0.39 is 11.2 Å². The van der Waals surface area contributed by atoms with E-state index in [1.54, 1.807) is 0 Å². The fourth-order valence-electron chi connectivity index (χ4n) is 0.488. The Morgan fingerprint density at radius 3 is 2.30 bits per heavy atom. The molecule has 0 aliphatic carbocycles. The molecule has 1 heterocycles. The summed E-state index contributed by atoms with van der Waals surface area (Å²) in [6.07, 6.45) is 0. The monoisotopic (exact) mass is 150 g/mol. The predicted molar refractivity (Wildman–Crippen MR) is 37.8 cm³/mol. The summed E-state index contributed by atoms with van der Waals surface area (Å²) < 4.78 is 0. The Bertz CT molecular complexity index is 287. The van der Waals surface area contributed by atoms with Crippen molar-refractivity contribution < 1.29 is 0 Å². The van der Waals surface area contributed by atoms with Crippen LogP contribution in [0.5, 0.6) is 0 Å². The maximum Gasteiger partial charge on any atom is 0.327 e. The summed E-state index contributed by atoms with van der Waals surface area (Å²) in [6, 6.07) is 1.10. The number of nitrogen functional groups attached to an aromatic ring is 1. The van der Waals surface area contributed by atoms with Crippen molar-refractivity contribution in [2.24, 2.45) is 0 Å². The van der Waals surface area contributed by atoms with Crippen molar-refractivity contribution in [3.63, 3.8) is 0 Å². The molecule has 0 saturated carbocycles. The van der Waals surface area contributed by atoms with Gasteiger partial charge in [0, 0.05) is 35.6 Å². The first-order valence-electron chi connectivity index (χ1n) is 2.27. The SMILES string of the molecule is Nc1cc(=O)[nH]c(=O)[nH]1.[Na]. The van der Waals surface area contributed by atoms with E-state index in [1.807, 2.05) is 4.98 Å². The maximum atomic E-state index is 10.4. The van der Waals surface area contributed by atoms with Gasteiger partial charge in [0.15, 0.2) is 0 Å². The van der Waals surface area contributed by atoms with E-state index in [4.69, 9.17) is 5.73 Å². The van der Waals surface area contributed by atoms with E-state index >= 15 is 0 Å². The van der Waals surface area contributed by atoms with Gasteiger partial charge >= 0.3 is 5.69 Å². The smallest absolute Gasteiger partial charge is 0.327 e. The summed E-state index contributed by atoms with van der Waals surface area (Å²) in [5, 5.41) is 0. The number of nitrogens with one attached hydrogen (secondary N) is 2. The molecule has 0 unspecified atom stereocenters. The molecule has 0 fully saturated rings. The van der Waals surface area contributed by atoms with Gasteiger partial charge in [-0.05, 0) is 0 Å². The van der Waals surface area contributed by atoms with Crippen LogP contribution in [0.15, 0.2) is 15.7 Å². The molecule has 0 aliphatic rings. The molecule has 5 nitrogen and oxygen atoms in total. The van der Waals surface area contributed by atoms with Crippen molar-refractivity contribution in [1.29, 1.82) is 0 Å². The van der Waals surface area contributed by atoms with Crippen molar-refractivity contribution >= 4 is 35.4 Å². The Kier molecular flexibility index (Phi) is 3.41. The largest absolute Gasteiger partial charge is 0.385 e. The zero-order valence-corrected chi connectivity index (χ0v) is 7.47. The van der Waals surface area contributed by atoms with Gasteiger partial charge in [0.2, 0.25) is 0 Å². The van der Waals surface area contributed by atoms with Crippen molar-refractivity contribution in [1.82, 2.24) is 9.97 Å². The summed E-state index contributed by atoms with van der Waals surface area (Å²) in [5.74, 6) is 0.0729. The third-order valence-corrected chi connectivity index (χ3v) is 0.781. The Labute approximate surface area is 77.9 Å². The topological polar surface area (TPSA) is 91.7 Å². The first kappa shape index (κ1) is 9.48. The van der Waals surface area contributed by atoms with Crippen molar-refractivity contribution in [2.75, 3.05) is 5.73 Å². The van der Waals surface area contributed by atoms with Gasteiger partial charge < -0.3 is 5.73 Å². The fraction of sp³-hybridized carbons (Fsp3) is 0. The Balaban J connectivity index is 0.000000810. The first-order valence-corrected chi connectivity index (χ1v) is 2.27. The average Bonchev–Trinajstić information content (AvgIpc) is 1.59. The number of aromatic amines is 2. The van der Waals surface area contributed by atoms with Gasteiger partial charge in [-0.15, -0.1) is 0 Å². The van der Waals surface area contributed by atoms with Gasteiger partial charge in [0.25, 0.3) is 5.56 Å². The molecular weight excluding hydrogens is 145 g/mol. The molecular formula is C4H5N3NaO2. The van der Waals surface area contributed by atoms with Gasteiger partial charge in [-0.3, -0.25) is 14.8 Å². The van der Waals surface area contributed by atoms with Crippen LogP contribution in [-0.4, -0.2) is 39.5 Å². The minimum Gasteiger partial charge on any atom is -0.385 e. The number of anilines is 1. The summed E-state index contributed by atoms with van der Waals surface area (Å²) in [7, 11) is 0. The Hall–Kier alpha value is -0.520. The van der Waals surface area contributed by atoms with Crippen LogP contribution in [0, 0.1) is 0 Å². The molecule has 0 aromatic carbocycles. The molecule has 0 atom stereocenters. The molecule has 0 amide bonds. The molecule has 10 heavy (non-hydrogen) atoms. The van der Waals surface area contributed by atoms with Crippen LogP contribution in [0.4, 0.5) is 5.82 Å². The zero-order valence-electron chi connectivity index (χ0n) is 5.47. The molecule has 4 N–H and O–H groups in total. The standard InChI is InChI=1S/C4H5N3O2.Na/c5-2-1-3(8)7-4(9)6-2;/h1H,(H4,5,6,7,8,9);. The molecule has 0 saturated heterocycles. The Morgan fingerprint density at radius 1 is 1.30 bits per heavy atom. The summed E-state index contributed by atoms with van der Waals surface area (Å²) in [5.41, 5.74) is 4.01.